The van der Waals surface area contributed by atoms with Crippen LogP contribution in [-0.4, -0.2) is 34.5 Å². The molecule has 4 rings (SSSR count). The lowest BCUT2D eigenvalue weighted by molar-refractivity contribution is -0.148. The molecule has 0 spiro atoms. The number of nitrogens with zero attached hydrogens (tertiary/aromatic N) is 1. The average molecular weight is 277 g/mol. The van der Waals surface area contributed by atoms with Crippen LogP contribution in [0, 0.1) is 35.5 Å². The number of amides is 1. The van der Waals surface area contributed by atoms with Gasteiger partial charge >= 0.3 is 5.97 Å². The highest BCUT2D eigenvalue weighted by Gasteiger charge is 2.68. The van der Waals surface area contributed by atoms with Crippen molar-refractivity contribution in [2.45, 2.75) is 45.1 Å². The lowest BCUT2D eigenvalue weighted by Gasteiger charge is -2.37. The van der Waals surface area contributed by atoms with Gasteiger partial charge in [-0.1, -0.05) is 0 Å². The normalized spacial score (nSPS) is 49.0. The second-order valence-corrected chi connectivity index (χ2v) is 7.45. The van der Waals surface area contributed by atoms with Gasteiger partial charge in [0.05, 0.1) is 5.92 Å². The van der Waals surface area contributed by atoms with E-state index in [0.717, 1.165) is 11.8 Å². The maximum atomic E-state index is 12.8. The molecule has 4 fully saturated rings. The van der Waals surface area contributed by atoms with Crippen molar-refractivity contribution < 1.29 is 14.7 Å². The number of carboxylic acid groups (broad SMARTS) is 1. The minimum atomic E-state index is -0.703. The highest BCUT2D eigenvalue weighted by Crippen LogP contribution is 2.69. The Morgan fingerprint density at radius 1 is 1.05 bits per heavy atom. The number of rotatable bonds is 2. The number of fused-ring (bicyclic) bond motifs is 5. The Bertz CT molecular complexity index is 447. The molecule has 6 unspecified atom stereocenters. The monoisotopic (exact) mass is 277 g/mol. The molecular formula is C16H23NO3. The van der Waals surface area contributed by atoms with Gasteiger partial charge in [0.2, 0.25) is 5.91 Å². The molecule has 3 saturated carbocycles. The number of hydrogen-bond donors (Lipinski definition) is 1. The summed E-state index contributed by atoms with van der Waals surface area (Å²) in [4.78, 5) is 25.8. The topological polar surface area (TPSA) is 57.6 Å². The largest absolute Gasteiger partial charge is 0.481 e. The van der Waals surface area contributed by atoms with Gasteiger partial charge in [0.25, 0.3) is 0 Å². The quantitative estimate of drug-likeness (QED) is 0.839. The molecule has 110 valence electrons. The summed E-state index contributed by atoms with van der Waals surface area (Å²) in [7, 11) is 0. The maximum Gasteiger partial charge on any atom is 0.306 e. The minimum absolute atomic E-state index is 0.0938. The zero-order chi connectivity index (χ0) is 14.0. The molecular weight excluding hydrogens is 254 g/mol. The summed E-state index contributed by atoms with van der Waals surface area (Å²) < 4.78 is 0. The van der Waals surface area contributed by atoms with Crippen LogP contribution in [0.4, 0.5) is 0 Å². The van der Waals surface area contributed by atoms with E-state index in [1.54, 1.807) is 0 Å². The van der Waals surface area contributed by atoms with Crippen molar-refractivity contribution in [1.29, 1.82) is 0 Å². The first-order valence-corrected chi connectivity index (χ1v) is 8.11. The minimum Gasteiger partial charge on any atom is -0.481 e. The van der Waals surface area contributed by atoms with Crippen LogP contribution in [0.15, 0.2) is 0 Å². The molecule has 1 amide bonds. The molecule has 1 heterocycles. The Kier molecular flexibility index (Phi) is 2.67. The predicted molar refractivity (Wildman–Crippen MR) is 72.8 cm³/mol. The third-order valence-electron chi connectivity index (χ3n) is 6.53. The fourth-order valence-electron chi connectivity index (χ4n) is 5.57. The lowest BCUT2D eigenvalue weighted by Crippen LogP contribution is -2.47. The molecule has 4 heteroatoms. The van der Waals surface area contributed by atoms with E-state index in [0.29, 0.717) is 43.0 Å². The second-order valence-electron chi connectivity index (χ2n) is 7.45. The summed E-state index contributed by atoms with van der Waals surface area (Å²) in [5, 5.41) is 9.11. The van der Waals surface area contributed by atoms with Crippen molar-refractivity contribution in [3.05, 3.63) is 0 Å². The third kappa shape index (κ3) is 1.66. The summed E-state index contributed by atoms with van der Waals surface area (Å²) in [6, 6.07) is 0.0938. The third-order valence-corrected chi connectivity index (χ3v) is 6.53. The molecule has 20 heavy (non-hydrogen) atoms. The van der Waals surface area contributed by atoms with E-state index in [2.05, 4.69) is 0 Å². The molecule has 0 aromatic carbocycles. The van der Waals surface area contributed by atoms with Crippen LogP contribution in [0.5, 0.6) is 0 Å². The van der Waals surface area contributed by atoms with E-state index in [9.17, 15) is 9.59 Å². The van der Waals surface area contributed by atoms with Gasteiger partial charge in [0.1, 0.15) is 0 Å². The SMILES string of the molecule is CC1CC(C(=O)O)CCN1C(=O)C1C2C3CCC(C3)C12. The predicted octanol–water partition coefficient (Wildman–Crippen LogP) is 1.99. The molecule has 4 aliphatic rings. The molecule has 0 aromatic heterocycles. The van der Waals surface area contributed by atoms with Gasteiger partial charge in [0, 0.05) is 18.5 Å². The Labute approximate surface area is 119 Å². The van der Waals surface area contributed by atoms with Crippen LogP contribution in [0.1, 0.15) is 39.0 Å². The highest BCUT2D eigenvalue weighted by atomic mass is 16.4. The van der Waals surface area contributed by atoms with E-state index in [1.807, 2.05) is 11.8 Å². The Hall–Kier alpha value is -1.06. The molecule has 0 radical (unpaired) electrons. The van der Waals surface area contributed by atoms with Crippen LogP contribution in [-0.2, 0) is 9.59 Å². The fourth-order valence-corrected chi connectivity index (χ4v) is 5.57. The second kappa shape index (κ2) is 4.22. The molecule has 6 atom stereocenters. The van der Waals surface area contributed by atoms with Crippen molar-refractivity contribution >= 4 is 11.9 Å². The zero-order valence-corrected chi connectivity index (χ0v) is 12.0. The first kappa shape index (κ1) is 12.7. The Morgan fingerprint density at radius 3 is 2.25 bits per heavy atom. The molecule has 1 N–H and O–H groups in total. The van der Waals surface area contributed by atoms with Gasteiger partial charge in [-0.15, -0.1) is 0 Å². The van der Waals surface area contributed by atoms with Crippen molar-refractivity contribution in [2.24, 2.45) is 35.5 Å². The first-order chi connectivity index (χ1) is 9.58. The Balaban J connectivity index is 1.42. The number of carbonyl (C=O) groups is 2. The summed E-state index contributed by atoms with van der Waals surface area (Å²) in [6.07, 6.45) is 5.30. The maximum absolute atomic E-state index is 12.8. The number of carboxylic acids is 1. The summed E-state index contributed by atoms with van der Waals surface area (Å²) in [5.41, 5.74) is 0. The number of aliphatic carboxylic acids is 1. The van der Waals surface area contributed by atoms with Crippen molar-refractivity contribution in [2.75, 3.05) is 6.54 Å². The van der Waals surface area contributed by atoms with Crippen LogP contribution in [0.2, 0.25) is 0 Å². The standard InChI is InChI=1S/C16H23NO3/c1-8-6-11(16(19)20)4-5-17(8)15(18)14-12-9-2-3-10(7-9)13(12)14/h8-14H,2-7H2,1H3,(H,19,20). The van der Waals surface area contributed by atoms with Crippen molar-refractivity contribution in [3.63, 3.8) is 0 Å². The average Bonchev–Trinajstić information content (AvgIpc) is 2.85. The molecule has 4 nitrogen and oxygen atoms in total. The summed E-state index contributed by atoms with van der Waals surface area (Å²) >= 11 is 0. The van der Waals surface area contributed by atoms with Crippen LogP contribution in [0.3, 0.4) is 0 Å². The van der Waals surface area contributed by atoms with Crippen LogP contribution in [0.25, 0.3) is 0 Å². The molecule has 0 aromatic rings. The number of carbonyl (C=O) groups excluding carboxylic acids is 1. The fraction of sp³-hybridized carbons (Fsp3) is 0.875. The van der Waals surface area contributed by atoms with E-state index in [-0.39, 0.29) is 12.0 Å². The first-order valence-electron chi connectivity index (χ1n) is 8.11. The van der Waals surface area contributed by atoms with E-state index >= 15 is 0 Å². The van der Waals surface area contributed by atoms with Gasteiger partial charge in [-0.3, -0.25) is 9.59 Å². The zero-order valence-electron chi connectivity index (χ0n) is 12.0. The van der Waals surface area contributed by atoms with E-state index in [4.69, 9.17) is 5.11 Å². The van der Waals surface area contributed by atoms with Gasteiger partial charge in [0.15, 0.2) is 0 Å². The van der Waals surface area contributed by atoms with Crippen molar-refractivity contribution in [3.8, 4) is 0 Å². The highest BCUT2D eigenvalue weighted by molar-refractivity contribution is 5.83. The number of likely N-dealkylation sites (tertiary alicyclic amines) is 1. The van der Waals surface area contributed by atoms with E-state index < -0.39 is 5.97 Å². The number of hydrogen-bond acceptors (Lipinski definition) is 2. The molecule has 1 aliphatic heterocycles. The molecule has 1 saturated heterocycles. The lowest BCUT2D eigenvalue weighted by atomic mass is 9.91. The number of piperidine rings is 1. The molecule has 3 aliphatic carbocycles. The van der Waals surface area contributed by atoms with Crippen LogP contribution < -0.4 is 0 Å². The van der Waals surface area contributed by atoms with E-state index in [1.165, 1.54) is 19.3 Å². The smallest absolute Gasteiger partial charge is 0.306 e. The summed E-state index contributed by atoms with van der Waals surface area (Å²) in [6.45, 7) is 2.65. The van der Waals surface area contributed by atoms with Gasteiger partial charge in [-0.2, -0.15) is 0 Å². The van der Waals surface area contributed by atoms with Gasteiger partial charge in [-0.05, 0) is 62.7 Å². The van der Waals surface area contributed by atoms with Gasteiger partial charge in [-0.25, -0.2) is 0 Å². The summed E-state index contributed by atoms with van der Waals surface area (Å²) in [5.74, 6) is 2.69. The van der Waals surface area contributed by atoms with Crippen molar-refractivity contribution in [1.82, 2.24) is 4.90 Å². The van der Waals surface area contributed by atoms with Gasteiger partial charge < -0.3 is 10.0 Å². The Morgan fingerprint density at radius 2 is 1.70 bits per heavy atom. The molecule has 2 bridgehead atoms. The van der Waals surface area contributed by atoms with Crippen LogP contribution >= 0.6 is 0 Å².